The summed E-state index contributed by atoms with van der Waals surface area (Å²) in [6.45, 7) is 6.90. The summed E-state index contributed by atoms with van der Waals surface area (Å²) in [5.74, 6) is -0.547. The van der Waals surface area contributed by atoms with Crippen molar-refractivity contribution in [1.82, 2.24) is 9.80 Å². The Balaban J connectivity index is 1.28. The van der Waals surface area contributed by atoms with E-state index in [1.807, 2.05) is 47.4 Å². The van der Waals surface area contributed by atoms with Gasteiger partial charge in [0.2, 0.25) is 5.91 Å². The molecule has 0 unspecified atom stereocenters. The molecule has 0 spiro atoms. The molecule has 3 aromatic rings. The van der Waals surface area contributed by atoms with Gasteiger partial charge in [-0.3, -0.25) is 14.5 Å². The van der Waals surface area contributed by atoms with Gasteiger partial charge in [0, 0.05) is 49.7 Å². The molecular formula is C33H35N5O4. The molecule has 9 nitrogen and oxygen atoms in total. The van der Waals surface area contributed by atoms with Crippen molar-refractivity contribution in [3.8, 4) is 0 Å². The van der Waals surface area contributed by atoms with Gasteiger partial charge in [-0.2, -0.15) is 0 Å². The highest BCUT2D eigenvalue weighted by Gasteiger charge is 2.31. The summed E-state index contributed by atoms with van der Waals surface area (Å²) < 4.78 is 5.13. The normalized spacial score (nSPS) is 17.9. The standard InChI is InChI=1S/C33H35N5O4/c1-3-42-33(41)24-9-11-26-27(20-24)35-32(40)30(26)31(22-7-5-4-6-8-22)34-25-10-12-28-23(19-25)13-14-38(28)29(39)21-37-17-15-36(2)16-18-37/h4-12,19-20,34H,3,13-18,21H2,1-2H3,(H,35,40)/b31-30-. The van der Waals surface area contributed by atoms with Gasteiger partial charge in [0.25, 0.3) is 5.91 Å². The number of nitrogens with one attached hydrogen (secondary N) is 2. The molecule has 0 atom stereocenters. The van der Waals surface area contributed by atoms with Crippen molar-refractivity contribution in [2.75, 3.05) is 68.5 Å². The van der Waals surface area contributed by atoms with Crippen LogP contribution >= 0.6 is 0 Å². The zero-order valence-corrected chi connectivity index (χ0v) is 24.0. The molecular weight excluding hydrogens is 530 g/mol. The van der Waals surface area contributed by atoms with E-state index in [1.165, 1.54) is 0 Å². The molecule has 2 amide bonds. The Kier molecular flexibility index (Phi) is 7.78. The molecule has 0 aliphatic carbocycles. The molecule has 42 heavy (non-hydrogen) atoms. The molecule has 3 heterocycles. The van der Waals surface area contributed by atoms with Crippen LogP contribution in [0.25, 0.3) is 11.3 Å². The van der Waals surface area contributed by atoms with Crippen LogP contribution in [-0.4, -0.2) is 80.5 Å². The third kappa shape index (κ3) is 5.53. The smallest absolute Gasteiger partial charge is 0.338 e. The summed E-state index contributed by atoms with van der Waals surface area (Å²) in [6, 6.07) is 20.9. The largest absolute Gasteiger partial charge is 0.462 e. The van der Waals surface area contributed by atoms with Gasteiger partial charge in [0.05, 0.1) is 35.7 Å². The number of fused-ring (bicyclic) bond motifs is 2. The maximum absolute atomic E-state index is 13.4. The average Bonchev–Trinajstić information content (AvgIpc) is 3.57. The molecule has 3 aromatic carbocycles. The van der Waals surface area contributed by atoms with E-state index in [4.69, 9.17) is 4.74 Å². The van der Waals surface area contributed by atoms with E-state index >= 15 is 0 Å². The number of carbonyl (C=O) groups is 3. The molecule has 1 saturated heterocycles. The van der Waals surface area contributed by atoms with Gasteiger partial charge in [-0.15, -0.1) is 0 Å². The monoisotopic (exact) mass is 565 g/mol. The molecule has 3 aliphatic rings. The summed E-state index contributed by atoms with van der Waals surface area (Å²) in [5.41, 5.74) is 6.56. The van der Waals surface area contributed by atoms with Gasteiger partial charge in [0.1, 0.15) is 0 Å². The second-order valence-electron chi connectivity index (χ2n) is 10.9. The van der Waals surface area contributed by atoms with Crippen LogP contribution in [0.15, 0.2) is 66.7 Å². The molecule has 0 radical (unpaired) electrons. The summed E-state index contributed by atoms with van der Waals surface area (Å²) in [4.78, 5) is 45.3. The van der Waals surface area contributed by atoms with Gasteiger partial charge in [-0.1, -0.05) is 36.4 Å². The highest BCUT2D eigenvalue weighted by molar-refractivity contribution is 6.37. The van der Waals surface area contributed by atoms with Crippen molar-refractivity contribution in [2.24, 2.45) is 0 Å². The van der Waals surface area contributed by atoms with Crippen molar-refractivity contribution >= 4 is 46.1 Å². The minimum atomic E-state index is -0.428. The number of anilines is 3. The number of amides is 2. The van der Waals surface area contributed by atoms with Crippen molar-refractivity contribution < 1.29 is 19.1 Å². The third-order valence-corrected chi connectivity index (χ3v) is 8.09. The van der Waals surface area contributed by atoms with Crippen molar-refractivity contribution in [1.29, 1.82) is 0 Å². The fourth-order valence-corrected chi connectivity index (χ4v) is 5.81. The first-order valence-corrected chi connectivity index (χ1v) is 14.4. The lowest BCUT2D eigenvalue weighted by Crippen LogP contribution is -2.48. The average molecular weight is 566 g/mol. The number of rotatable bonds is 7. The minimum Gasteiger partial charge on any atom is -0.462 e. The quantitative estimate of drug-likeness (QED) is 0.331. The molecule has 0 bridgehead atoms. The van der Waals surface area contributed by atoms with E-state index < -0.39 is 5.97 Å². The molecule has 216 valence electrons. The highest BCUT2D eigenvalue weighted by Crippen LogP contribution is 2.39. The Morgan fingerprint density at radius 1 is 0.929 bits per heavy atom. The number of esters is 1. The first-order valence-electron chi connectivity index (χ1n) is 14.4. The summed E-state index contributed by atoms with van der Waals surface area (Å²) in [5, 5.41) is 6.44. The fourth-order valence-electron chi connectivity index (χ4n) is 5.81. The Hall–Kier alpha value is -4.47. The van der Waals surface area contributed by atoms with Crippen LogP contribution in [0.5, 0.6) is 0 Å². The Labute approximate surface area is 245 Å². The van der Waals surface area contributed by atoms with E-state index in [0.717, 1.165) is 55.1 Å². The fraction of sp³-hybridized carbons (Fsp3) is 0.303. The van der Waals surface area contributed by atoms with Crippen molar-refractivity contribution in [2.45, 2.75) is 13.3 Å². The van der Waals surface area contributed by atoms with E-state index in [9.17, 15) is 14.4 Å². The summed E-state index contributed by atoms with van der Waals surface area (Å²) in [7, 11) is 2.11. The second-order valence-corrected chi connectivity index (χ2v) is 10.9. The van der Waals surface area contributed by atoms with Crippen LogP contribution in [0.3, 0.4) is 0 Å². The Morgan fingerprint density at radius 2 is 1.71 bits per heavy atom. The summed E-state index contributed by atoms with van der Waals surface area (Å²) in [6.07, 6.45) is 0.774. The van der Waals surface area contributed by atoms with Crippen LogP contribution in [-0.2, 0) is 20.7 Å². The molecule has 0 aromatic heterocycles. The molecule has 1 fully saturated rings. The predicted molar refractivity (Wildman–Crippen MR) is 164 cm³/mol. The van der Waals surface area contributed by atoms with E-state index in [0.29, 0.717) is 41.2 Å². The van der Waals surface area contributed by atoms with Gasteiger partial charge >= 0.3 is 5.97 Å². The minimum absolute atomic E-state index is 0.132. The highest BCUT2D eigenvalue weighted by atomic mass is 16.5. The van der Waals surface area contributed by atoms with E-state index in [1.54, 1.807) is 25.1 Å². The second kappa shape index (κ2) is 11.8. The van der Waals surface area contributed by atoms with Crippen LogP contribution in [0.4, 0.5) is 17.1 Å². The van der Waals surface area contributed by atoms with Crippen LogP contribution in [0.1, 0.15) is 34.0 Å². The number of benzene rings is 3. The number of ether oxygens (including phenoxy) is 1. The van der Waals surface area contributed by atoms with Crippen molar-refractivity contribution in [3.63, 3.8) is 0 Å². The third-order valence-electron chi connectivity index (χ3n) is 8.09. The lowest BCUT2D eigenvalue weighted by Gasteiger charge is -2.32. The Bertz CT molecular complexity index is 1560. The van der Waals surface area contributed by atoms with Gasteiger partial charge in [-0.25, -0.2) is 4.79 Å². The van der Waals surface area contributed by atoms with Crippen LogP contribution < -0.4 is 15.5 Å². The summed E-state index contributed by atoms with van der Waals surface area (Å²) >= 11 is 0. The number of carbonyl (C=O) groups excluding carboxylic acids is 3. The maximum Gasteiger partial charge on any atom is 0.338 e. The van der Waals surface area contributed by atoms with Gasteiger partial charge < -0.3 is 25.2 Å². The van der Waals surface area contributed by atoms with E-state index in [2.05, 4.69) is 33.5 Å². The predicted octanol–water partition coefficient (Wildman–Crippen LogP) is 3.93. The lowest BCUT2D eigenvalue weighted by atomic mass is 9.99. The van der Waals surface area contributed by atoms with Gasteiger partial charge in [0.15, 0.2) is 0 Å². The lowest BCUT2D eigenvalue weighted by molar-refractivity contribution is -0.120. The first kappa shape index (κ1) is 27.7. The molecule has 6 rings (SSSR count). The van der Waals surface area contributed by atoms with E-state index in [-0.39, 0.29) is 18.4 Å². The number of nitrogens with zero attached hydrogens (tertiary/aromatic N) is 3. The molecule has 9 heteroatoms. The zero-order valence-electron chi connectivity index (χ0n) is 24.0. The first-order chi connectivity index (χ1) is 20.4. The SMILES string of the molecule is CCOC(=O)c1ccc2c(c1)NC(=O)/C2=C(\Nc1ccc2c(c1)CCN2C(=O)CN1CCN(C)CC1)c1ccccc1. The molecule has 3 aliphatic heterocycles. The zero-order chi connectivity index (χ0) is 29.2. The topological polar surface area (TPSA) is 94.2 Å². The van der Waals surface area contributed by atoms with Crippen molar-refractivity contribution in [3.05, 3.63) is 89.0 Å². The number of hydrogen-bond acceptors (Lipinski definition) is 7. The number of likely N-dealkylation sites (N-methyl/N-ethyl adjacent to an activating group) is 1. The maximum atomic E-state index is 13.4. The van der Waals surface area contributed by atoms with Crippen LogP contribution in [0, 0.1) is 0 Å². The number of piperazine rings is 1. The number of hydrogen-bond donors (Lipinski definition) is 2. The molecule has 2 N–H and O–H groups in total. The van der Waals surface area contributed by atoms with Gasteiger partial charge in [-0.05, 0) is 61.9 Å². The van der Waals surface area contributed by atoms with Crippen LogP contribution in [0.2, 0.25) is 0 Å². The Morgan fingerprint density at radius 3 is 2.48 bits per heavy atom. The molecule has 0 saturated carbocycles.